The second kappa shape index (κ2) is 46.5. The molecular formula is C52H100O6. The predicted molar refractivity (Wildman–Crippen MR) is 247 cm³/mol. The number of rotatable bonds is 47. The molecule has 0 radical (unpaired) electrons. The Bertz CT molecular complexity index is 874. The highest BCUT2D eigenvalue weighted by atomic mass is 16.6. The van der Waals surface area contributed by atoms with Crippen molar-refractivity contribution in [3.05, 3.63) is 0 Å². The number of carbonyl (C=O) groups excluding carboxylic acids is 3. The third-order valence-corrected chi connectivity index (χ3v) is 12.2. The SMILES string of the molecule is CCCCCCCCCCCCCCC(=O)OC[C@@H](COC(=O)CCCCCCCCCCCC)OC(=O)CCCCCCCCCCCCCCCCC(C)CC. The zero-order valence-electron chi connectivity index (χ0n) is 39.5. The van der Waals surface area contributed by atoms with Crippen molar-refractivity contribution in [3.8, 4) is 0 Å². The van der Waals surface area contributed by atoms with Crippen LogP contribution in [0.2, 0.25) is 0 Å². The summed E-state index contributed by atoms with van der Waals surface area (Å²) in [6.45, 7) is 9.05. The van der Waals surface area contributed by atoms with Crippen molar-refractivity contribution in [2.45, 2.75) is 297 Å². The highest BCUT2D eigenvalue weighted by Crippen LogP contribution is 2.18. The standard InChI is InChI=1S/C52H100O6/c1-5-8-10-12-14-16-18-24-28-32-36-40-44-51(54)57-47-49(46-56-50(53)43-39-35-31-27-17-15-13-11-9-6-2)58-52(55)45-41-37-33-29-25-22-20-19-21-23-26-30-34-38-42-48(4)7-3/h48-49H,5-47H2,1-4H3/t48?,49-/m1/s1. The molecule has 0 bridgehead atoms. The van der Waals surface area contributed by atoms with Crippen LogP contribution in [-0.4, -0.2) is 37.2 Å². The molecule has 0 heterocycles. The molecule has 0 amide bonds. The van der Waals surface area contributed by atoms with Crippen LogP contribution in [0, 0.1) is 5.92 Å². The van der Waals surface area contributed by atoms with Crippen molar-refractivity contribution in [1.82, 2.24) is 0 Å². The molecule has 0 aliphatic carbocycles. The van der Waals surface area contributed by atoms with Gasteiger partial charge in [0.15, 0.2) is 6.10 Å². The zero-order chi connectivity index (χ0) is 42.4. The lowest BCUT2D eigenvalue weighted by Crippen LogP contribution is -2.30. The molecular weight excluding hydrogens is 721 g/mol. The first kappa shape index (κ1) is 56.4. The van der Waals surface area contributed by atoms with Crippen LogP contribution in [-0.2, 0) is 28.6 Å². The first-order chi connectivity index (χ1) is 28.4. The van der Waals surface area contributed by atoms with Gasteiger partial charge in [0, 0.05) is 19.3 Å². The Hall–Kier alpha value is -1.59. The van der Waals surface area contributed by atoms with Gasteiger partial charge in [-0.25, -0.2) is 0 Å². The second-order valence-corrected chi connectivity index (χ2v) is 18.1. The Balaban J connectivity index is 4.27. The van der Waals surface area contributed by atoms with E-state index < -0.39 is 6.10 Å². The fourth-order valence-electron chi connectivity index (χ4n) is 7.83. The monoisotopic (exact) mass is 821 g/mol. The normalized spacial score (nSPS) is 12.4. The number of hydrogen-bond acceptors (Lipinski definition) is 6. The minimum atomic E-state index is -0.760. The van der Waals surface area contributed by atoms with E-state index >= 15 is 0 Å². The summed E-state index contributed by atoms with van der Waals surface area (Å²) in [5.74, 6) is 0.0487. The molecule has 1 unspecified atom stereocenters. The zero-order valence-corrected chi connectivity index (χ0v) is 39.5. The molecule has 0 aromatic rings. The van der Waals surface area contributed by atoms with Crippen LogP contribution in [0.5, 0.6) is 0 Å². The van der Waals surface area contributed by atoms with Gasteiger partial charge in [0.2, 0.25) is 0 Å². The Morgan fingerprint density at radius 1 is 0.345 bits per heavy atom. The number of esters is 3. The molecule has 0 rings (SSSR count). The lowest BCUT2D eigenvalue weighted by atomic mass is 9.99. The van der Waals surface area contributed by atoms with Crippen LogP contribution in [0.25, 0.3) is 0 Å². The largest absolute Gasteiger partial charge is 0.462 e. The molecule has 2 atom stereocenters. The summed E-state index contributed by atoms with van der Waals surface area (Å²) in [7, 11) is 0. The molecule has 6 nitrogen and oxygen atoms in total. The Morgan fingerprint density at radius 2 is 0.603 bits per heavy atom. The van der Waals surface area contributed by atoms with Gasteiger partial charge in [0.05, 0.1) is 0 Å². The van der Waals surface area contributed by atoms with E-state index in [1.165, 1.54) is 186 Å². The van der Waals surface area contributed by atoms with Crippen LogP contribution in [0.4, 0.5) is 0 Å². The minimum absolute atomic E-state index is 0.0627. The Kier molecular flexibility index (Phi) is 45.2. The number of ether oxygens (including phenoxy) is 3. The summed E-state index contributed by atoms with van der Waals surface area (Å²) < 4.78 is 16.8. The summed E-state index contributed by atoms with van der Waals surface area (Å²) in [4.78, 5) is 37.9. The second-order valence-electron chi connectivity index (χ2n) is 18.1. The molecule has 58 heavy (non-hydrogen) atoms. The third-order valence-electron chi connectivity index (χ3n) is 12.2. The fourth-order valence-corrected chi connectivity index (χ4v) is 7.83. The van der Waals surface area contributed by atoms with Gasteiger partial charge in [-0.05, 0) is 25.2 Å². The van der Waals surface area contributed by atoms with Crippen molar-refractivity contribution in [2.24, 2.45) is 5.92 Å². The Labute approximate surface area is 361 Å². The maximum atomic E-state index is 12.8. The summed E-state index contributed by atoms with van der Waals surface area (Å²) in [6, 6.07) is 0. The van der Waals surface area contributed by atoms with Gasteiger partial charge in [-0.3, -0.25) is 14.4 Å². The fraction of sp³-hybridized carbons (Fsp3) is 0.942. The van der Waals surface area contributed by atoms with Crippen LogP contribution in [0.1, 0.15) is 291 Å². The summed E-state index contributed by atoms with van der Waals surface area (Å²) >= 11 is 0. The van der Waals surface area contributed by atoms with Gasteiger partial charge in [0.1, 0.15) is 13.2 Å². The molecule has 0 N–H and O–H groups in total. The van der Waals surface area contributed by atoms with Crippen molar-refractivity contribution in [3.63, 3.8) is 0 Å². The molecule has 0 saturated heterocycles. The highest BCUT2D eigenvalue weighted by molar-refractivity contribution is 5.71. The topological polar surface area (TPSA) is 78.9 Å². The predicted octanol–water partition coefficient (Wildman–Crippen LogP) is 16.7. The number of hydrogen-bond donors (Lipinski definition) is 0. The molecule has 0 spiro atoms. The van der Waals surface area contributed by atoms with Crippen molar-refractivity contribution in [1.29, 1.82) is 0 Å². The maximum Gasteiger partial charge on any atom is 0.306 e. The van der Waals surface area contributed by atoms with Gasteiger partial charge in [-0.2, -0.15) is 0 Å². The molecule has 6 heteroatoms. The van der Waals surface area contributed by atoms with Crippen LogP contribution in [0.15, 0.2) is 0 Å². The van der Waals surface area contributed by atoms with Crippen molar-refractivity contribution in [2.75, 3.05) is 13.2 Å². The quantitative estimate of drug-likeness (QED) is 0.0346. The van der Waals surface area contributed by atoms with Crippen molar-refractivity contribution < 1.29 is 28.6 Å². The molecule has 0 aliphatic heterocycles. The van der Waals surface area contributed by atoms with Crippen LogP contribution in [0.3, 0.4) is 0 Å². The van der Waals surface area contributed by atoms with Crippen molar-refractivity contribution >= 4 is 17.9 Å². The van der Waals surface area contributed by atoms with Crippen LogP contribution >= 0.6 is 0 Å². The minimum Gasteiger partial charge on any atom is -0.462 e. The van der Waals surface area contributed by atoms with E-state index in [1.807, 2.05) is 0 Å². The average molecular weight is 821 g/mol. The van der Waals surface area contributed by atoms with Gasteiger partial charge in [0.25, 0.3) is 0 Å². The average Bonchev–Trinajstić information content (AvgIpc) is 3.22. The van der Waals surface area contributed by atoms with E-state index in [0.717, 1.165) is 63.7 Å². The summed E-state index contributed by atoms with van der Waals surface area (Å²) in [5, 5.41) is 0. The number of unbranched alkanes of at least 4 members (excludes halogenated alkanes) is 33. The van der Waals surface area contributed by atoms with E-state index in [4.69, 9.17) is 14.2 Å². The maximum absolute atomic E-state index is 12.8. The molecule has 0 aromatic heterocycles. The molecule has 0 fully saturated rings. The molecule has 0 aromatic carbocycles. The third kappa shape index (κ3) is 44.0. The lowest BCUT2D eigenvalue weighted by Gasteiger charge is -2.18. The smallest absolute Gasteiger partial charge is 0.306 e. The van der Waals surface area contributed by atoms with Gasteiger partial charge < -0.3 is 14.2 Å². The van der Waals surface area contributed by atoms with E-state index in [0.29, 0.717) is 19.3 Å². The summed E-state index contributed by atoms with van der Waals surface area (Å²) in [5.41, 5.74) is 0. The molecule has 344 valence electrons. The van der Waals surface area contributed by atoms with E-state index in [-0.39, 0.29) is 31.1 Å². The Morgan fingerprint density at radius 3 is 0.897 bits per heavy atom. The first-order valence-electron chi connectivity index (χ1n) is 25.9. The number of carbonyl (C=O) groups is 3. The van der Waals surface area contributed by atoms with Crippen LogP contribution < -0.4 is 0 Å². The highest BCUT2D eigenvalue weighted by Gasteiger charge is 2.19. The van der Waals surface area contributed by atoms with Gasteiger partial charge in [-0.1, -0.05) is 252 Å². The lowest BCUT2D eigenvalue weighted by molar-refractivity contribution is -0.167. The van der Waals surface area contributed by atoms with E-state index in [1.54, 1.807) is 0 Å². The van der Waals surface area contributed by atoms with Gasteiger partial charge >= 0.3 is 17.9 Å². The molecule has 0 aliphatic rings. The van der Waals surface area contributed by atoms with E-state index in [2.05, 4.69) is 27.7 Å². The van der Waals surface area contributed by atoms with Gasteiger partial charge in [-0.15, -0.1) is 0 Å². The summed E-state index contributed by atoms with van der Waals surface area (Å²) in [6.07, 6.45) is 47.9. The molecule has 0 saturated carbocycles. The first-order valence-corrected chi connectivity index (χ1v) is 25.9. The van der Waals surface area contributed by atoms with E-state index in [9.17, 15) is 14.4 Å².